The molecule has 0 amide bonds. The fraction of sp³-hybridized carbons (Fsp3) is 0.188. The second-order valence-corrected chi connectivity index (χ2v) is 6.67. The molecule has 0 radical (unpaired) electrons. The quantitative estimate of drug-likeness (QED) is 0.354. The summed E-state index contributed by atoms with van der Waals surface area (Å²) in [5.74, 6) is 0. The van der Waals surface area contributed by atoms with Gasteiger partial charge in [-0.05, 0) is 43.7 Å². The largest absolute Gasteiger partial charge is 0.456 e. The average molecular weight is 364 g/mol. The Morgan fingerprint density at radius 2 is 1.84 bits per heavy atom. The van der Waals surface area contributed by atoms with Gasteiger partial charge in [0.15, 0.2) is 0 Å². The second-order valence-electron chi connectivity index (χ2n) is 4.80. The number of alkyl halides is 1. The van der Waals surface area contributed by atoms with E-state index in [2.05, 4.69) is 29.5 Å². The summed E-state index contributed by atoms with van der Waals surface area (Å²) in [4.78, 5) is 12.5. The van der Waals surface area contributed by atoms with Crippen molar-refractivity contribution in [3.05, 3.63) is 57.7 Å². The Hall–Kier alpha value is -1.36. The Bertz CT molecular complexity index is 831. The second kappa shape index (κ2) is 4.63. The highest BCUT2D eigenvalue weighted by Gasteiger charge is 2.09. The maximum Gasteiger partial charge on any atom is 0.200 e. The molecule has 1 atom stereocenters. The average Bonchev–Trinajstić information content (AvgIpc) is 2.39. The van der Waals surface area contributed by atoms with Gasteiger partial charge in [0.1, 0.15) is 11.2 Å². The predicted molar refractivity (Wildman–Crippen MR) is 87.2 cm³/mol. The van der Waals surface area contributed by atoms with Crippen LogP contribution in [0, 0.1) is 6.92 Å². The van der Waals surface area contributed by atoms with E-state index in [1.54, 1.807) is 0 Å². The monoisotopic (exact) mass is 364 g/mol. The van der Waals surface area contributed by atoms with Crippen LogP contribution in [0.5, 0.6) is 0 Å². The van der Waals surface area contributed by atoms with Gasteiger partial charge in [-0.2, -0.15) is 0 Å². The molecule has 0 bridgehead atoms. The van der Waals surface area contributed by atoms with Crippen molar-refractivity contribution in [3.63, 3.8) is 0 Å². The standard InChI is InChI=1S/C16H13IO2/c1-9-3-6-14-13(7-9)16(18)12-5-4-11(10(2)17)8-15(12)19-14/h3-8,10H,1-2H3. The van der Waals surface area contributed by atoms with Crippen molar-refractivity contribution in [2.24, 2.45) is 0 Å². The number of halogens is 1. The molecule has 3 rings (SSSR count). The summed E-state index contributed by atoms with van der Waals surface area (Å²) < 4.78 is 6.26. The molecule has 1 heterocycles. The Labute approximate surface area is 124 Å². The zero-order valence-electron chi connectivity index (χ0n) is 10.7. The zero-order chi connectivity index (χ0) is 13.6. The third-order valence-electron chi connectivity index (χ3n) is 3.31. The van der Waals surface area contributed by atoms with E-state index < -0.39 is 0 Å². The van der Waals surface area contributed by atoms with Gasteiger partial charge in [-0.25, -0.2) is 0 Å². The highest BCUT2D eigenvalue weighted by atomic mass is 127. The van der Waals surface area contributed by atoms with Crippen molar-refractivity contribution in [1.82, 2.24) is 0 Å². The van der Waals surface area contributed by atoms with E-state index in [1.807, 2.05) is 43.3 Å². The normalized spacial score (nSPS) is 13.0. The maximum absolute atomic E-state index is 12.5. The Morgan fingerprint density at radius 3 is 2.58 bits per heavy atom. The van der Waals surface area contributed by atoms with Gasteiger partial charge in [0.2, 0.25) is 5.43 Å². The molecule has 0 aliphatic heterocycles. The first-order valence-corrected chi connectivity index (χ1v) is 7.42. The first-order valence-electron chi connectivity index (χ1n) is 6.17. The van der Waals surface area contributed by atoms with Crippen molar-refractivity contribution in [2.45, 2.75) is 17.8 Å². The van der Waals surface area contributed by atoms with E-state index in [-0.39, 0.29) is 5.43 Å². The van der Waals surface area contributed by atoms with Gasteiger partial charge in [0.25, 0.3) is 0 Å². The molecule has 19 heavy (non-hydrogen) atoms. The number of hydrogen-bond acceptors (Lipinski definition) is 2. The molecule has 0 N–H and O–H groups in total. The Balaban J connectivity index is 2.43. The molecule has 2 aromatic carbocycles. The molecular formula is C16H13IO2. The maximum atomic E-state index is 12.5. The van der Waals surface area contributed by atoms with Crippen LogP contribution in [0.4, 0.5) is 0 Å². The molecular weight excluding hydrogens is 351 g/mol. The molecule has 3 heteroatoms. The van der Waals surface area contributed by atoms with Crippen LogP contribution in [-0.4, -0.2) is 0 Å². The molecule has 0 aliphatic rings. The summed E-state index contributed by atoms with van der Waals surface area (Å²) in [5, 5.41) is 1.31. The lowest BCUT2D eigenvalue weighted by atomic mass is 10.1. The van der Waals surface area contributed by atoms with Gasteiger partial charge in [-0.3, -0.25) is 4.79 Å². The summed E-state index contributed by atoms with van der Waals surface area (Å²) in [7, 11) is 0. The fourth-order valence-electron chi connectivity index (χ4n) is 2.23. The Morgan fingerprint density at radius 1 is 1.05 bits per heavy atom. The summed E-state index contributed by atoms with van der Waals surface area (Å²) in [5.41, 5.74) is 3.61. The number of benzene rings is 2. The van der Waals surface area contributed by atoms with Crippen LogP contribution in [0.1, 0.15) is 22.0 Å². The smallest absolute Gasteiger partial charge is 0.200 e. The first kappa shape index (κ1) is 12.7. The van der Waals surface area contributed by atoms with Crippen molar-refractivity contribution in [2.75, 3.05) is 0 Å². The highest BCUT2D eigenvalue weighted by molar-refractivity contribution is 14.1. The van der Waals surface area contributed by atoms with Crippen molar-refractivity contribution >= 4 is 44.5 Å². The predicted octanol–water partition coefficient (Wildman–Crippen LogP) is 4.75. The van der Waals surface area contributed by atoms with Crippen LogP contribution in [-0.2, 0) is 0 Å². The minimum absolute atomic E-state index is 0.0487. The van der Waals surface area contributed by atoms with Crippen LogP contribution < -0.4 is 5.43 Å². The lowest BCUT2D eigenvalue weighted by Crippen LogP contribution is -2.02. The number of aryl methyl sites for hydroxylation is 1. The SMILES string of the molecule is Cc1ccc2oc3cc(C(C)I)ccc3c(=O)c2c1. The van der Waals surface area contributed by atoms with Crippen LogP contribution in [0.2, 0.25) is 0 Å². The molecule has 1 unspecified atom stereocenters. The third-order valence-corrected chi connectivity index (χ3v) is 4.03. The minimum Gasteiger partial charge on any atom is -0.456 e. The molecule has 3 aromatic rings. The summed E-state index contributed by atoms with van der Waals surface area (Å²) in [6, 6.07) is 11.5. The third kappa shape index (κ3) is 2.16. The van der Waals surface area contributed by atoms with E-state index >= 15 is 0 Å². The number of hydrogen-bond donors (Lipinski definition) is 0. The molecule has 0 fully saturated rings. The van der Waals surface area contributed by atoms with Gasteiger partial charge >= 0.3 is 0 Å². The Kier molecular flexibility index (Phi) is 3.09. The van der Waals surface area contributed by atoms with E-state index in [1.165, 1.54) is 5.56 Å². The number of rotatable bonds is 1. The molecule has 0 saturated heterocycles. The van der Waals surface area contributed by atoms with Crippen LogP contribution in [0.3, 0.4) is 0 Å². The van der Waals surface area contributed by atoms with E-state index in [4.69, 9.17) is 4.42 Å². The van der Waals surface area contributed by atoms with Gasteiger partial charge in [0.05, 0.1) is 10.8 Å². The molecule has 0 saturated carbocycles. The van der Waals surface area contributed by atoms with E-state index in [0.29, 0.717) is 25.9 Å². The molecule has 96 valence electrons. The highest BCUT2D eigenvalue weighted by Crippen LogP contribution is 2.26. The van der Waals surface area contributed by atoms with Gasteiger partial charge < -0.3 is 4.42 Å². The molecule has 1 aromatic heterocycles. The van der Waals surface area contributed by atoms with Crippen LogP contribution in [0.25, 0.3) is 21.9 Å². The molecule has 0 aliphatic carbocycles. The number of fused-ring (bicyclic) bond motifs is 2. The molecule has 0 spiro atoms. The lowest BCUT2D eigenvalue weighted by molar-refractivity contribution is 0.659. The zero-order valence-corrected chi connectivity index (χ0v) is 12.9. The van der Waals surface area contributed by atoms with Gasteiger partial charge in [-0.1, -0.05) is 40.3 Å². The van der Waals surface area contributed by atoms with Crippen molar-refractivity contribution in [3.8, 4) is 0 Å². The lowest BCUT2D eigenvalue weighted by Gasteiger charge is -2.06. The molecule has 2 nitrogen and oxygen atoms in total. The first-order chi connectivity index (χ1) is 9.06. The summed E-state index contributed by atoms with van der Waals surface area (Å²) in [6.07, 6.45) is 0. The van der Waals surface area contributed by atoms with Crippen molar-refractivity contribution in [1.29, 1.82) is 0 Å². The summed E-state index contributed by atoms with van der Waals surface area (Å²) >= 11 is 2.35. The topological polar surface area (TPSA) is 30.2 Å². The van der Waals surface area contributed by atoms with E-state index in [9.17, 15) is 4.79 Å². The fourth-order valence-corrected chi connectivity index (χ4v) is 2.62. The van der Waals surface area contributed by atoms with Gasteiger partial charge in [0, 0.05) is 3.92 Å². The van der Waals surface area contributed by atoms with Crippen molar-refractivity contribution < 1.29 is 4.42 Å². The van der Waals surface area contributed by atoms with Gasteiger partial charge in [-0.15, -0.1) is 0 Å². The minimum atomic E-state index is 0.0487. The summed E-state index contributed by atoms with van der Waals surface area (Å²) in [6.45, 7) is 4.09. The van der Waals surface area contributed by atoms with Crippen LogP contribution >= 0.6 is 22.6 Å². The van der Waals surface area contributed by atoms with E-state index in [0.717, 1.165) is 5.56 Å². The van der Waals surface area contributed by atoms with Crippen LogP contribution in [0.15, 0.2) is 45.6 Å².